The summed E-state index contributed by atoms with van der Waals surface area (Å²) in [5.41, 5.74) is 7.79. The second kappa shape index (κ2) is 15.7. The largest absolute Gasteiger partial charge is 0.414 e. The third-order valence-corrected chi connectivity index (χ3v) is 20.8. The maximum Gasteiger partial charge on any atom is 0.335 e. The van der Waals surface area contributed by atoms with Gasteiger partial charge in [-0.1, -0.05) is 85.7 Å². The molecule has 2 saturated heterocycles. The first-order valence-electron chi connectivity index (χ1n) is 18.4. The van der Waals surface area contributed by atoms with Crippen molar-refractivity contribution in [2.75, 3.05) is 5.73 Å². The number of aromatic nitrogens is 4. The van der Waals surface area contributed by atoms with Crippen LogP contribution >= 0.6 is 0 Å². The lowest BCUT2D eigenvalue weighted by Crippen LogP contribution is -2.68. The first-order chi connectivity index (χ1) is 25.6. The molecule has 4 aromatic rings. The number of hydrogen-bond donors (Lipinski definition) is 1. The number of imidazole rings is 1. The molecule has 2 unspecified atom stereocenters. The molecule has 290 valence electrons. The van der Waals surface area contributed by atoms with Gasteiger partial charge in [0.15, 0.2) is 29.6 Å². The van der Waals surface area contributed by atoms with E-state index in [2.05, 4.69) is 70.3 Å². The number of fused-ring (bicyclic) bond motifs is 2. The third-order valence-electron chi connectivity index (χ3n) is 10.6. The van der Waals surface area contributed by atoms with Crippen molar-refractivity contribution in [3.05, 3.63) is 88.5 Å². The standard InChI is InChI=1S/C37H50N6O9Si2/c1-21(2)53(22(3)4)50-31(30(44)27-13-11-10-12-14-27)32-33(51-54(52-53,23(5)6)24(7)8)34(49-48-25(9)26-15-17-28(18-16-26)43(45)46)37(47-32)42-20-41-29-35(38)39-19-40-36(29)42/h10-25,31-34,37H,1-9H3,(H2,38,39,40)/t25?,31?,32-,33-,34-,37-/m1/s1. The molecule has 17 heteroatoms. The smallest absolute Gasteiger partial charge is 0.335 e. The molecule has 15 nitrogen and oxygen atoms in total. The SMILES string of the molecule is CC(OO[C@@H]1[C@@H]2O[Si](C(C)C)(C(C)C)O[Si](C(C)C)(C(C)C)OC(C(=O)c3ccccc3)[C@H]2O[C@H]1n1cnc2c(N)ncnc21)c1ccc([N+](=O)[O-])cc1. The van der Waals surface area contributed by atoms with Crippen LogP contribution in [-0.4, -0.2) is 71.8 Å². The van der Waals surface area contributed by atoms with E-state index in [1.807, 2.05) is 18.2 Å². The molecule has 2 aliphatic rings. The molecule has 0 spiro atoms. The van der Waals surface area contributed by atoms with E-state index < -0.39 is 58.8 Å². The molecular formula is C37H50N6O9Si2. The quantitative estimate of drug-likeness (QED) is 0.0491. The number of rotatable bonds is 12. The van der Waals surface area contributed by atoms with E-state index in [-0.39, 0.29) is 39.5 Å². The van der Waals surface area contributed by atoms with Crippen molar-refractivity contribution in [2.45, 2.75) is 121 Å². The van der Waals surface area contributed by atoms with Gasteiger partial charge in [0, 0.05) is 17.7 Å². The number of carbonyl (C=O) groups excluding carboxylic acids is 1. The second-order valence-corrected chi connectivity index (χ2v) is 24.0. The number of anilines is 1. The van der Waals surface area contributed by atoms with Crippen LogP contribution in [0.5, 0.6) is 0 Å². The van der Waals surface area contributed by atoms with Gasteiger partial charge in [-0.05, 0) is 46.8 Å². The zero-order valence-electron chi connectivity index (χ0n) is 32.1. The molecule has 0 bridgehead atoms. The van der Waals surface area contributed by atoms with Gasteiger partial charge in [-0.25, -0.2) is 24.7 Å². The highest BCUT2D eigenvalue weighted by Gasteiger charge is 2.65. The summed E-state index contributed by atoms with van der Waals surface area (Å²) < 4.78 is 31.0. The Hall–Kier alpha value is -3.95. The van der Waals surface area contributed by atoms with Crippen molar-refractivity contribution in [3.8, 4) is 0 Å². The molecule has 2 aliphatic heterocycles. The highest BCUT2D eigenvalue weighted by molar-refractivity contribution is 6.84. The van der Waals surface area contributed by atoms with Crippen molar-refractivity contribution in [3.63, 3.8) is 0 Å². The van der Waals surface area contributed by atoms with Crippen molar-refractivity contribution < 1.29 is 37.2 Å². The van der Waals surface area contributed by atoms with Gasteiger partial charge in [0.05, 0.1) is 11.3 Å². The summed E-state index contributed by atoms with van der Waals surface area (Å²) in [6.45, 7) is 18.6. The summed E-state index contributed by atoms with van der Waals surface area (Å²) in [7, 11) is -6.59. The normalized spacial score (nSPS) is 24.5. The molecule has 6 rings (SSSR count). The van der Waals surface area contributed by atoms with E-state index in [0.29, 0.717) is 22.3 Å². The number of ether oxygens (including phenoxy) is 1. The van der Waals surface area contributed by atoms with E-state index in [4.69, 9.17) is 33.2 Å². The van der Waals surface area contributed by atoms with Crippen molar-refractivity contribution in [1.82, 2.24) is 19.5 Å². The van der Waals surface area contributed by atoms with Crippen LogP contribution in [0.1, 0.15) is 90.6 Å². The van der Waals surface area contributed by atoms with Gasteiger partial charge < -0.3 is 23.4 Å². The van der Waals surface area contributed by atoms with E-state index in [1.54, 1.807) is 35.8 Å². The maximum absolute atomic E-state index is 14.8. The molecule has 2 N–H and O–H groups in total. The molecule has 54 heavy (non-hydrogen) atoms. The van der Waals surface area contributed by atoms with Crippen LogP contribution in [0, 0.1) is 10.1 Å². The number of nitrogens with zero attached hydrogens (tertiary/aromatic N) is 5. The van der Waals surface area contributed by atoms with Crippen molar-refractivity contribution in [1.29, 1.82) is 0 Å². The highest BCUT2D eigenvalue weighted by Crippen LogP contribution is 2.51. The molecule has 0 radical (unpaired) electrons. The first kappa shape index (κ1) is 39.7. The summed E-state index contributed by atoms with van der Waals surface area (Å²) in [5, 5.41) is 11.3. The number of nitrogens with two attached hydrogens (primary N) is 1. The lowest BCUT2D eigenvalue weighted by Gasteiger charge is -2.52. The average molecular weight is 779 g/mol. The summed E-state index contributed by atoms with van der Waals surface area (Å²) >= 11 is 0. The lowest BCUT2D eigenvalue weighted by atomic mass is 9.98. The van der Waals surface area contributed by atoms with Gasteiger partial charge in [-0.3, -0.25) is 19.5 Å². The van der Waals surface area contributed by atoms with Crippen LogP contribution in [0.3, 0.4) is 0 Å². The van der Waals surface area contributed by atoms with E-state index in [1.165, 1.54) is 24.8 Å². The van der Waals surface area contributed by atoms with Crippen LogP contribution < -0.4 is 5.73 Å². The Balaban J connectivity index is 1.52. The van der Waals surface area contributed by atoms with Crippen LogP contribution in [0.25, 0.3) is 11.2 Å². The number of Topliss-reactive ketones (excluding diaryl/α,β-unsaturated/α-hetero) is 1. The second-order valence-electron chi connectivity index (χ2n) is 15.2. The number of benzene rings is 2. The van der Waals surface area contributed by atoms with Gasteiger partial charge in [0.25, 0.3) is 5.69 Å². The summed E-state index contributed by atoms with van der Waals surface area (Å²) in [4.78, 5) is 51.3. The number of carbonyl (C=O) groups is 1. The molecule has 0 aliphatic carbocycles. The van der Waals surface area contributed by atoms with Gasteiger partial charge in [-0.15, -0.1) is 0 Å². The van der Waals surface area contributed by atoms with E-state index >= 15 is 0 Å². The molecule has 2 aromatic carbocycles. The Bertz CT molecular complexity index is 1930. The number of nitrogen functional groups attached to an aromatic ring is 1. The number of nitro groups is 1. The monoisotopic (exact) mass is 778 g/mol. The predicted octanol–water partition coefficient (Wildman–Crippen LogP) is 7.50. The van der Waals surface area contributed by atoms with Gasteiger partial charge in [0.1, 0.15) is 36.3 Å². The summed E-state index contributed by atoms with van der Waals surface area (Å²) in [6.07, 6.45) is -2.93. The third kappa shape index (κ3) is 7.14. The molecule has 6 atom stereocenters. The Morgan fingerprint density at radius 1 is 0.852 bits per heavy atom. The van der Waals surface area contributed by atoms with Gasteiger partial charge in [-0.2, -0.15) is 0 Å². The minimum atomic E-state index is -3.29. The maximum atomic E-state index is 14.8. The van der Waals surface area contributed by atoms with Crippen LogP contribution in [-0.2, 0) is 27.5 Å². The predicted molar refractivity (Wildman–Crippen MR) is 205 cm³/mol. The molecule has 4 heterocycles. The van der Waals surface area contributed by atoms with Crippen LogP contribution in [0.2, 0.25) is 22.2 Å². The number of non-ortho nitro benzene ring substituents is 1. The Morgan fingerprint density at radius 3 is 2.06 bits per heavy atom. The van der Waals surface area contributed by atoms with Crippen molar-refractivity contribution >= 4 is 45.6 Å². The molecule has 2 aromatic heterocycles. The fourth-order valence-electron chi connectivity index (χ4n) is 7.59. The number of hydrogen-bond acceptors (Lipinski definition) is 13. The zero-order chi connectivity index (χ0) is 39.1. The van der Waals surface area contributed by atoms with Crippen LogP contribution in [0.4, 0.5) is 11.5 Å². The number of nitro benzene ring substituents is 1. The average Bonchev–Trinajstić information content (AvgIpc) is 3.72. The lowest BCUT2D eigenvalue weighted by molar-refractivity contribution is -0.385. The van der Waals surface area contributed by atoms with Gasteiger partial charge in [0.2, 0.25) is 0 Å². The minimum absolute atomic E-state index is 0.0460. The van der Waals surface area contributed by atoms with E-state index in [0.717, 1.165) is 0 Å². The van der Waals surface area contributed by atoms with Gasteiger partial charge >= 0.3 is 17.1 Å². The summed E-state index contributed by atoms with van der Waals surface area (Å²) in [6, 6.07) is 15.0. The molecule has 0 saturated carbocycles. The summed E-state index contributed by atoms with van der Waals surface area (Å²) in [5.74, 6) is -0.0926. The first-order valence-corrected chi connectivity index (χ1v) is 22.4. The Labute approximate surface area is 317 Å². The molecule has 2 fully saturated rings. The number of ketones is 1. The Kier molecular flexibility index (Phi) is 11.5. The highest BCUT2D eigenvalue weighted by atomic mass is 28.5. The fraction of sp³-hybridized carbons (Fsp3) is 0.514. The zero-order valence-corrected chi connectivity index (χ0v) is 34.1. The molecule has 0 amide bonds. The Morgan fingerprint density at radius 2 is 1.46 bits per heavy atom. The fourth-order valence-corrected chi connectivity index (χ4v) is 18.8. The minimum Gasteiger partial charge on any atom is -0.414 e. The molecular weight excluding hydrogens is 729 g/mol. The van der Waals surface area contributed by atoms with E-state index in [9.17, 15) is 14.9 Å². The topological polar surface area (TPSA) is 185 Å². The van der Waals surface area contributed by atoms with Crippen molar-refractivity contribution in [2.24, 2.45) is 0 Å². The van der Waals surface area contributed by atoms with Crippen LogP contribution in [0.15, 0.2) is 67.3 Å².